The van der Waals surface area contributed by atoms with E-state index in [1.807, 2.05) is 13.8 Å². The Balaban J connectivity index is 2.00. The highest BCUT2D eigenvalue weighted by molar-refractivity contribution is 5.89. The maximum absolute atomic E-state index is 13.9. The Labute approximate surface area is 117 Å². The van der Waals surface area contributed by atoms with Gasteiger partial charge in [0.25, 0.3) is 0 Å². The smallest absolute Gasteiger partial charge is 0.322 e. The monoisotopic (exact) mass is 282 g/mol. The number of carbonyl (C=O) groups excluding carboxylic acids is 1. The molecular formula is C14H19FN2O3. The first kappa shape index (κ1) is 14.6. The van der Waals surface area contributed by atoms with Crippen molar-refractivity contribution in [2.75, 3.05) is 18.4 Å². The second kappa shape index (κ2) is 6.09. The predicted molar refractivity (Wildman–Crippen MR) is 73.4 cm³/mol. The third-order valence-corrected chi connectivity index (χ3v) is 3.00. The molecule has 2 N–H and O–H groups in total. The van der Waals surface area contributed by atoms with Crippen LogP contribution in [-0.2, 0) is 0 Å². The molecule has 1 atom stereocenters. The number of aliphatic hydroxyl groups is 1. The van der Waals surface area contributed by atoms with Gasteiger partial charge in [-0.05, 0) is 32.4 Å². The van der Waals surface area contributed by atoms with Crippen molar-refractivity contribution in [1.29, 1.82) is 0 Å². The van der Waals surface area contributed by atoms with Crippen molar-refractivity contribution in [3.05, 3.63) is 24.0 Å². The van der Waals surface area contributed by atoms with Crippen LogP contribution in [-0.4, -0.2) is 41.3 Å². The number of amides is 2. The van der Waals surface area contributed by atoms with Crippen LogP contribution in [0.5, 0.6) is 5.75 Å². The molecule has 6 heteroatoms. The molecule has 0 aliphatic carbocycles. The number of hydrogen-bond donors (Lipinski definition) is 2. The number of nitrogens with one attached hydrogen (secondary N) is 1. The molecule has 1 heterocycles. The Morgan fingerprint density at radius 3 is 2.85 bits per heavy atom. The van der Waals surface area contributed by atoms with Gasteiger partial charge in [0.15, 0.2) is 0 Å². The minimum atomic E-state index is -0.545. The summed E-state index contributed by atoms with van der Waals surface area (Å²) in [7, 11) is 0. The molecule has 1 aromatic rings. The molecule has 0 bridgehead atoms. The number of ether oxygens (including phenoxy) is 1. The lowest BCUT2D eigenvalue weighted by molar-refractivity contribution is 0.176. The number of benzene rings is 1. The number of halogens is 1. The first-order valence-electron chi connectivity index (χ1n) is 6.66. The molecule has 20 heavy (non-hydrogen) atoms. The number of rotatable bonds is 3. The van der Waals surface area contributed by atoms with E-state index in [4.69, 9.17) is 4.74 Å². The van der Waals surface area contributed by atoms with Crippen molar-refractivity contribution >= 4 is 11.7 Å². The summed E-state index contributed by atoms with van der Waals surface area (Å²) in [5.41, 5.74) is 0.104. The Hall–Kier alpha value is -1.82. The molecule has 0 spiro atoms. The fourth-order valence-electron chi connectivity index (χ4n) is 2.06. The number of anilines is 1. The second-order valence-electron chi connectivity index (χ2n) is 5.13. The minimum Gasteiger partial charge on any atom is -0.491 e. The third-order valence-electron chi connectivity index (χ3n) is 3.00. The fourth-order valence-corrected chi connectivity index (χ4v) is 2.06. The molecule has 1 aromatic carbocycles. The molecule has 2 rings (SSSR count). The fraction of sp³-hybridized carbons (Fsp3) is 0.500. The number of β-amino-alcohol motifs (C(OH)–C–C–N with tert-alkyl or cyclic N) is 1. The molecule has 1 saturated heterocycles. The molecule has 2 amide bonds. The first-order chi connectivity index (χ1) is 9.45. The second-order valence-corrected chi connectivity index (χ2v) is 5.13. The van der Waals surface area contributed by atoms with E-state index in [-0.39, 0.29) is 18.3 Å². The van der Waals surface area contributed by atoms with Crippen LogP contribution in [0, 0.1) is 5.82 Å². The average molecular weight is 282 g/mol. The van der Waals surface area contributed by atoms with Gasteiger partial charge in [0, 0.05) is 19.2 Å². The van der Waals surface area contributed by atoms with Crippen LogP contribution in [0.2, 0.25) is 0 Å². The van der Waals surface area contributed by atoms with Gasteiger partial charge in [-0.2, -0.15) is 0 Å². The summed E-state index contributed by atoms with van der Waals surface area (Å²) >= 11 is 0. The standard InChI is InChI=1S/C14H19FN2O3/c1-9(2)20-11-3-4-13(12(15)7-11)16-14(19)17-6-5-10(18)8-17/h3-4,7,9-10,18H,5-6,8H2,1-2H3,(H,16,19)/t10-/m0/s1. The van der Waals surface area contributed by atoms with Crippen molar-refractivity contribution in [2.24, 2.45) is 0 Å². The van der Waals surface area contributed by atoms with Gasteiger partial charge in [0.05, 0.1) is 17.9 Å². The van der Waals surface area contributed by atoms with Crippen LogP contribution in [0.25, 0.3) is 0 Å². The van der Waals surface area contributed by atoms with Crippen LogP contribution in [0.15, 0.2) is 18.2 Å². The molecule has 1 aliphatic heterocycles. The van der Waals surface area contributed by atoms with E-state index in [1.165, 1.54) is 17.0 Å². The van der Waals surface area contributed by atoms with Crippen molar-refractivity contribution < 1.29 is 19.0 Å². The molecule has 0 saturated carbocycles. The zero-order chi connectivity index (χ0) is 14.7. The molecule has 5 nitrogen and oxygen atoms in total. The molecule has 1 fully saturated rings. The van der Waals surface area contributed by atoms with E-state index in [2.05, 4.69) is 5.32 Å². The SMILES string of the molecule is CC(C)Oc1ccc(NC(=O)N2CC[C@H](O)C2)c(F)c1. The highest BCUT2D eigenvalue weighted by Gasteiger charge is 2.25. The normalized spacial score (nSPS) is 18.4. The quantitative estimate of drug-likeness (QED) is 0.893. The van der Waals surface area contributed by atoms with Gasteiger partial charge < -0.3 is 20.1 Å². The number of aliphatic hydroxyl groups excluding tert-OH is 1. The number of nitrogens with zero attached hydrogens (tertiary/aromatic N) is 1. The first-order valence-corrected chi connectivity index (χ1v) is 6.66. The van der Waals surface area contributed by atoms with Crippen LogP contribution < -0.4 is 10.1 Å². The van der Waals surface area contributed by atoms with E-state index in [1.54, 1.807) is 6.07 Å². The summed E-state index contributed by atoms with van der Waals surface area (Å²) in [6, 6.07) is 3.92. The van der Waals surface area contributed by atoms with Crippen LogP contribution >= 0.6 is 0 Å². The van der Waals surface area contributed by atoms with Gasteiger partial charge in [-0.1, -0.05) is 0 Å². The van der Waals surface area contributed by atoms with E-state index in [0.29, 0.717) is 18.7 Å². The van der Waals surface area contributed by atoms with Crippen molar-refractivity contribution in [2.45, 2.75) is 32.5 Å². The summed E-state index contributed by atoms with van der Waals surface area (Å²) in [4.78, 5) is 13.3. The molecule has 0 unspecified atom stereocenters. The van der Waals surface area contributed by atoms with Crippen molar-refractivity contribution in [3.63, 3.8) is 0 Å². The maximum Gasteiger partial charge on any atom is 0.322 e. The van der Waals surface area contributed by atoms with E-state index in [9.17, 15) is 14.3 Å². The number of urea groups is 1. The van der Waals surface area contributed by atoms with Crippen LogP contribution in [0.1, 0.15) is 20.3 Å². The molecule has 0 radical (unpaired) electrons. The van der Waals surface area contributed by atoms with Crippen molar-refractivity contribution in [1.82, 2.24) is 4.90 Å². The summed E-state index contributed by atoms with van der Waals surface area (Å²) in [5.74, 6) is -0.122. The number of hydrogen-bond acceptors (Lipinski definition) is 3. The largest absolute Gasteiger partial charge is 0.491 e. The molecule has 0 aromatic heterocycles. The van der Waals surface area contributed by atoms with Crippen molar-refractivity contribution in [3.8, 4) is 5.75 Å². The highest BCUT2D eigenvalue weighted by Crippen LogP contribution is 2.22. The number of likely N-dealkylation sites (tertiary alicyclic amines) is 1. The van der Waals surface area contributed by atoms with Crippen LogP contribution in [0.3, 0.4) is 0 Å². The summed E-state index contributed by atoms with van der Waals surface area (Å²) < 4.78 is 19.2. The van der Waals surface area contributed by atoms with Gasteiger partial charge >= 0.3 is 6.03 Å². The Kier molecular flexibility index (Phi) is 4.44. The van der Waals surface area contributed by atoms with Gasteiger partial charge in [0.2, 0.25) is 0 Å². The summed E-state index contributed by atoms with van der Waals surface area (Å²) in [6.07, 6.45) is 0.0187. The highest BCUT2D eigenvalue weighted by atomic mass is 19.1. The van der Waals surface area contributed by atoms with Gasteiger partial charge in [0.1, 0.15) is 11.6 Å². The Morgan fingerprint density at radius 2 is 2.30 bits per heavy atom. The lowest BCUT2D eigenvalue weighted by Crippen LogP contribution is -2.33. The topological polar surface area (TPSA) is 61.8 Å². The summed E-state index contributed by atoms with van der Waals surface area (Å²) in [5, 5.41) is 11.9. The maximum atomic E-state index is 13.9. The zero-order valence-electron chi connectivity index (χ0n) is 11.6. The molecule has 1 aliphatic rings. The third kappa shape index (κ3) is 3.60. The zero-order valence-corrected chi connectivity index (χ0v) is 11.6. The van der Waals surface area contributed by atoms with E-state index >= 15 is 0 Å². The minimum absolute atomic E-state index is 0.0408. The van der Waals surface area contributed by atoms with E-state index < -0.39 is 18.0 Å². The van der Waals surface area contributed by atoms with Crippen LogP contribution in [0.4, 0.5) is 14.9 Å². The molecule has 110 valence electrons. The Bertz CT molecular complexity index is 493. The Morgan fingerprint density at radius 1 is 1.55 bits per heavy atom. The van der Waals surface area contributed by atoms with Gasteiger partial charge in [-0.15, -0.1) is 0 Å². The molecular weight excluding hydrogens is 263 g/mol. The number of carbonyl (C=O) groups is 1. The average Bonchev–Trinajstić information content (AvgIpc) is 2.78. The summed E-state index contributed by atoms with van der Waals surface area (Å²) in [6.45, 7) is 4.46. The lowest BCUT2D eigenvalue weighted by atomic mass is 10.3. The lowest BCUT2D eigenvalue weighted by Gasteiger charge is -2.17. The van der Waals surface area contributed by atoms with E-state index in [0.717, 1.165) is 0 Å². The predicted octanol–water partition coefficient (Wildman–Crippen LogP) is 2.21. The van der Waals surface area contributed by atoms with Gasteiger partial charge in [-0.3, -0.25) is 0 Å². The van der Waals surface area contributed by atoms with Gasteiger partial charge in [-0.25, -0.2) is 9.18 Å².